The predicted octanol–water partition coefficient (Wildman–Crippen LogP) is 4.30. The summed E-state index contributed by atoms with van der Waals surface area (Å²) in [6, 6.07) is 3.94. The van der Waals surface area contributed by atoms with Gasteiger partial charge in [-0.05, 0) is 31.0 Å². The molecule has 0 spiro atoms. The number of unbranched alkanes of at least 4 members (excludes halogenated alkanes) is 2. The van der Waals surface area contributed by atoms with Gasteiger partial charge in [0.25, 0.3) is 0 Å². The van der Waals surface area contributed by atoms with Crippen molar-refractivity contribution in [1.29, 1.82) is 0 Å². The van der Waals surface area contributed by atoms with Crippen LogP contribution in [-0.2, 0) is 16.2 Å². The molecule has 126 valence electrons. The first-order valence-electron chi connectivity index (χ1n) is 7.41. The van der Waals surface area contributed by atoms with E-state index in [-0.39, 0.29) is 4.90 Å². The van der Waals surface area contributed by atoms with Crippen molar-refractivity contribution in [1.82, 2.24) is 4.31 Å². The number of rotatable bonds is 8. The Balaban J connectivity index is 3.13. The average Bonchev–Trinajstić information content (AvgIpc) is 2.46. The van der Waals surface area contributed by atoms with Gasteiger partial charge in [-0.2, -0.15) is 17.5 Å². The van der Waals surface area contributed by atoms with E-state index >= 15 is 0 Å². The van der Waals surface area contributed by atoms with Crippen LogP contribution in [0.3, 0.4) is 0 Å². The van der Waals surface area contributed by atoms with Gasteiger partial charge >= 0.3 is 6.18 Å². The minimum absolute atomic E-state index is 0.297. The Morgan fingerprint density at radius 1 is 1.05 bits per heavy atom. The molecule has 0 saturated carbocycles. The van der Waals surface area contributed by atoms with Crippen LogP contribution < -0.4 is 0 Å². The third kappa shape index (κ3) is 4.98. The van der Waals surface area contributed by atoms with E-state index in [1.807, 2.05) is 13.8 Å². The highest BCUT2D eigenvalue weighted by atomic mass is 32.2. The molecule has 0 aliphatic rings. The molecule has 3 nitrogen and oxygen atoms in total. The Morgan fingerprint density at radius 2 is 1.59 bits per heavy atom. The molecule has 1 aromatic carbocycles. The van der Waals surface area contributed by atoms with E-state index in [0.717, 1.165) is 25.0 Å². The SMILES string of the molecule is CCCCN(CCCC)S(=O)(=O)c1cccc(C(F)(F)F)c1. The highest BCUT2D eigenvalue weighted by molar-refractivity contribution is 7.89. The summed E-state index contributed by atoms with van der Waals surface area (Å²) in [5.41, 5.74) is -0.945. The molecule has 0 radical (unpaired) electrons. The molecule has 0 heterocycles. The van der Waals surface area contributed by atoms with Crippen molar-refractivity contribution in [3.63, 3.8) is 0 Å². The Morgan fingerprint density at radius 3 is 2.05 bits per heavy atom. The number of hydrogen-bond donors (Lipinski definition) is 0. The van der Waals surface area contributed by atoms with Crippen molar-refractivity contribution in [3.05, 3.63) is 29.8 Å². The van der Waals surface area contributed by atoms with Crippen LogP contribution in [0.4, 0.5) is 13.2 Å². The fraction of sp³-hybridized carbons (Fsp3) is 0.600. The first kappa shape index (κ1) is 19.0. The summed E-state index contributed by atoms with van der Waals surface area (Å²) in [5, 5.41) is 0. The minimum Gasteiger partial charge on any atom is -0.207 e. The zero-order valence-electron chi connectivity index (χ0n) is 12.9. The number of hydrogen-bond acceptors (Lipinski definition) is 2. The average molecular weight is 337 g/mol. The fourth-order valence-corrected chi connectivity index (χ4v) is 3.57. The van der Waals surface area contributed by atoms with E-state index in [0.29, 0.717) is 32.0 Å². The van der Waals surface area contributed by atoms with Crippen LogP contribution >= 0.6 is 0 Å². The Hall–Kier alpha value is -1.08. The molecule has 0 fully saturated rings. The predicted molar refractivity (Wildman–Crippen MR) is 80.0 cm³/mol. The second kappa shape index (κ2) is 7.97. The molecule has 7 heteroatoms. The van der Waals surface area contributed by atoms with Crippen LogP contribution in [0.2, 0.25) is 0 Å². The van der Waals surface area contributed by atoms with Crippen LogP contribution in [0, 0.1) is 0 Å². The lowest BCUT2D eigenvalue weighted by Gasteiger charge is -2.22. The standard InChI is InChI=1S/C15H22F3NO2S/c1-3-5-10-19(11-6-4-2)22(20,21)14-9-7-8-13(12-14)15(16,17)18/h7-9,12H,3-6,10-11H2,1-2H3. The first-order valence-corrected chi connectivity index (χ1v) is 8.85. The van der Waals surface area contributed by atoms with E-state index in [2.05, 4.69) is 0 Å². The molecule has 0 aromatic heterocycles. The Bertz CT molecular complexity index is 562. The maximum Gasteiger partial charge on any atom is 0.416 e. The molecule has 0 aliphatic carbocycles. The topological polar surface area (TPSA) is 37.4 Å². The number of alkyl halides is 3. The molecule has 0 saturated heterocycles. The highest BCUT2D eigenvalue weighted by Crippen LogP contribution is 2.31. The fourth-order valence-electron chi connectivity index (χ4n) is 2.00. The molecular weight excluding hydrogens is 315 g/mol. The molecular formula is C15H22F3NO2S. The van der Waals surface area contributed by atoms with Gasteiger partial charge in [-0.15, -0.1) is 0 Å². The van der Waals surface area contributed by atoms with Gasteiger partial charge in [0.15, 0.2) is 0 Å². The van der Waals surface area contributed by atoms with Crippen molar-refractivity contribution >= 4 is 10.0 Å². The summed E-state index contributed by atoms with van der Waals surface area (Å²) in [4.78, 5) is -0.297. The van der Waals surface area contributed by atoms with Crippen LogP contribution in [0.15, 0.2) is 29.2 Å². The lowest BCUT2D eigenvalue weighted by molar-refractivity contribution is -0.137. The third-order valence-electron chi connectivity index (χ3n) is 3.32. The minimum atomic E-state index is -4.55. The third-order valence-corrected chi connectivity index (χ3v) is 5.22. The Kier molecular flexibility index (Phi) is 6.87. The van der Waals surface area contributed by atoms with Crippen LogP contribution in [0.25, 0.3) is 0 Å². The lowest BCUT2D eigenvalue weighted by atomic mass is 10.2. The zero-order valence-corrected chi connectivity index (χ0v) is 13.7. The van der Waals surface area contributed by atoms with Gasteiger partial charge in [0.1, 0.15) is 0 Å². The van der Waals surface area contributed by atoms with Gasteiger partial charge in [-0.25, -0.2) is 8.42 Å². The number of benzene rings is 1. The van der Waals surface area contributed by atoms with Crippen molar-refractivity contribution in [2.75, 3.05) is 13.1 Å². The quantitative estimate of drug-likeness (QED) is 0.709. The van der Waals surface area contributed by atoms with Gasteiger partial charge in [-0.3, -0.25) is 0 Å². The van der Waals surface area contributed by atoms with E-state index in [1.54, 1.807) is 0 Å². The van der Waals surface area contributed by atoms with Crippen molar-refractivity contribution in [3.8, 4) is 0 Å². The maximum atomic E-state index is 12.8. The summed E-state index contributed by atoms with van der Waals surface area (Å²) in [6.07, 6.45) is -1.55. The van der Waals surface area contributed by atoms with Gasteiger partial charge in [0, 0.05) is 13.1 Å². The summed E-state index contributed by atoms with van der Waals surface area (Å²) in [7, 11) is -3.90. The van der Waals surface area contributed by atoms with Crippen molar-refractivity contribution in [2.24, 2.45) is 0 Å². The highest BCUT2D eigenvalue weighted by Gasteiger charge is 2.32. The largest absolute Gasteiger partial charge is 0.416 e. The molecule has 0 N–H and O–H groups in total. The summed E-state index contributed by atoms with van der Waals surface area (Å²) in [6.45, 7) is 4.54. The summed E-state index contributed by atoms with van der Waals surface area (Å²) >= 11 is 0. The van der Waals surface area contributed by atoms with Crippen molar-refractivity contribution in [2.45, 2.75) is 50.6 Å². The Labute approximate surface area is 130 Å². The van der Waals surface area contributed by atoms with E-state index in [1.165, 1.54) is 10.4 Å². The first-order chi connectivity index (χ1) is 10.2. The van der Waals surface area contributed by atoms with Crippen LogP contribution in [-0.4, -0.2) is 25.8 Å². The molecule has 0 aliphatic heterocycles. The molecule has 22 heavy (non-hydrogen) atoms. The zero-order chi connectivity index (χ0) is 16.8. The molecule has 0 amide bonds. The second-order valence-electron chi connectivity index (χ2n) is 5.14. The summed E-state index contributed by atoms with van der Waals surface area (Å²) in [5.74, 6) is 0. The monoisotopic (exact) mass is 337 g/mol. The molecule has 1 rings (SSSR count). The molecule has 0 bridgehead atoms. The normalized spacial score (nSPS) is 12.8. The summed E-state index contributed by atoms with van der Waals surface area (Å²) < 4.78 is 64.7. The molecule has 1 aromatic rings. The van der Waals surface area contributed by atoms with Gasteiger partial charge < -0.3 is 0 Å². The molecule has 0 atom stereocenters. The van der Waals surface area contributed by atoms with E-state index in [4.69, 9.17) is 0 Å². The van der Waals surface area contributed by atoms with E-state index < -0.39 is 21.8 Å². The van der Waals surface area contributed by atoms with Crippen molar-refractivity contribution < 1.29 is 21.6 Å². The number of halogens is 3. The van der Waals surface area contributed by atoms with Crippen LogP contribution in [0.1, 0.15) is 45.1 Å². The van der Waals surface area contributed by atoms with Gasteiger partial charge in [0.2, 0.25) is 10.0 Å². The number of nitrogens with zero attached hydrogens (tertiary/aromatic N) is 1. The maximum absolute atomic E-state index is 12.8. The van der Waals surface area contributed by atoms with Gasteiger partial charge in [0.05, 0.1) is 10.5 Å². The van der Waals surface area contributed by atoms with Gasteiger partial charge in [-0.1, -0.05) is 32.8 Å². The van der Waals surface area contributed by atoms with Crippen LogP contribution in [0.5, 0.6) is 0 Å². The second-order valence-corrected chi connectivity index (χ2v) is 7.07. The van der Waals surface area contributed by atoms with E-state index in [9.17, 15) is 21.6 Å². The number of sulfonamides is 1. The molecule has 0 unspecified atom stereocenters. The lowest BCUT2D eigenvalue weighted by Crippen LogP contribution is -2.33. The smallest absolute Gasteiger partial charge is 0.207 e.